The highest BCUT2D eigenvalue weighted by Gasteiger charge is 2.12. The quantitative estimate of drug-likeness (QED) is 0.477. The topological polar surface area (TPSA) is 91.9 Å². The minimum Gasteiger partial charge on any atom is -0.478 e. The van der Waals surface area contributed by atoms with E-state index in [9.17, 15) is 9.59 Å². The van der Waals surface area contributed by atoms with E-state index < -0.39 is 11.9 Å². The number of halogens is 2. The predicted octanol–water partition coefficient (Wildman–Crippen LogP) is 4.72. The van der Waals surface area contributed by atoms with Crippen LogP contribution in [0.25, 0.3) is 11.3 Å². The molecular weight excluding hydrogens is 391 g/mol. The number of hydrogen-bond donors (Lipinski definition) is 2. The maximum Gasteiger partial charge on any atom is 0.337 e. The molecule has 27 heavy (non-hydrogen) atoms. The lowest BCUT2D eigenvalue weighted by Crippen LogP contribution is -2.17. The molecule has 0 fully saturated rings. The van der Waals surface area contributed by atoms with E-state index in [1.165, 1.54) is 18.3 Å². The van der Waals surface area contributed by atoms with Crippen molar-refractivity contribution in [3.05, 3.63) is 81.5 Å². The Hall–Kier alpha value is -3.09. The summed E-state index contributed by atoms with van der Waals surface area (Å²) in [7, 11) is 0. The molecule has 6 nitrogen and oxygen atoms in total. The second kappa shape index (κ2) is 8.07. The van der Waals surface area contributed by atoms with Crippen molar-refractivity contribution in [1.29, 1.82) is 0 Å². The second-order valence-electron chi connectivity index (χ2n) is 5.41. The highest BCUT2D eigenvalue weighted by molar-refractivity contribution is 6.33. The standard InChI is InChI=1S/C19H12Cl2N2O4/c20-13-4-1-11(2-5-13)18(24)23-22-10-14-6-8-17(27-14)12-3-7-16(21)15(9-12)19(25)26/h1-10H,(H,23,24)(H,25,26). The number of rotatable bonds is 5. The van der Waals surface area contributed by atoms with Crippen LogP contribution >= 0.6 is 23.2 Å². The molecule has 0 radical (unpaired) electrons. The monoisotopic (exact) mass is 402 g/mol. The maximum atomic E-state index is 11.9. The molecule has 1 amide bonds. The molecule has 3 aromatic rings. The molecule has 0 saturated carbocycles. The molecule has 0 saturated heterocycles. The molecule has 8 heteroatoms. The minimum absolute atomic E-state index is 0.0176. The van der Waals surface area contributed by atoms with E-state index in [2.05, 4.69) is 10.5 Å². The van der Waals surface area contributed by atoms with Crippen LogP contribution in [0.5, 0.6) is 0 Å². The van der Waals surface area contributed by atoms with Gasteiger partial charge in [0.2, 0.25) is 0 Å². The van der Waals surface area contributed by atoms with Crippen molar-refractivity contribution in [3.63, 3.8) is 0 Å². The average molecular weight is 403 g/mol. The zero-order chi connectivity index (χ0) is 19.4. The number of carboxylic acid groups (broad SMARTS) is 1. The fraction of sp³-hybridized carbons (Fsp3) is 0. The van der Waals surface area contributed by atoms with Gasteiger partial charge in [0.05, 0.1) is 16.8 Å². The summed E-state index contributed by atoms with van der Waals surface area (Å²) in [4.78, 5) is 23.1. The average Bonchev–Trinajstić information content (AvgIpc) is 3.11. The number of hydrogen-bond acceptors (Lipinski definition) is 4. The van der Waals surface area contributed by atoms with Gasteiger partial charge in [0, 0.05) is 16.1 Å². The van der Waals surface area contributed by atoms with E-state index in [4.69, 9.17) is 32.7 Å². The smallest absolute Gasteiger partial charge is 0.337 e. The van der Waals surface area contributed by atoms with E-state index in [-0.39, 0.29) is 10.6 Å². The Kier molecular flexibility index (Phi) is 5.59. The van der Waals surface area contributed by atoms with Crippen LogP contribution in [0.15, 0.2) is 64.1 Å². The van der Waals surface area contributed by atoms with Crippen molar-refractivity contribution in [1.82, 2.24) is 5.43 Å². The van der Waals surface area contributed by atoms with Crippen molar-refractivity contribution >= 4 is 41.3 Å². The SMILES string of the molecule is O=C(NN=Cc1ccc(-c2ccc(Cl)c(C(=O)O)c2)o1)c1ccc(Cl)cc1. The largest absolute Gasteiger partial charge is 0.478 e. The number of benzene rings is 2. The van der Waals surface area contributed by atoms with Crippen LogP contribution in [0.2, 0.25) is 10.0 Å². The van der Waals surface area contributed by atoms with Gasteiger partial charge in [-0.05, 0) is 54.6 Å². The van der Waals surface area contributed by atoms with E-state index in [0.717, 1.165) is 0 Å². The summed E-state index contributed by atoms with van der Waals surface area (Å²) < 4.78 is 5.59. The zero-order valence-corrected chi connectivity index (χ0v) is 15.2. The molecule has 0 aliphatic heterocycles. The lowest BCUT2D eigenvalue weighted by Gasteiger charge is -2.02. The Morgan fingerprint density at radius 2 is 1.78 bits per heavy atom. The number of aromatic carboxylic acids is 1. The summed E-state index contributed by atoms with van der Waals surface area (Å²) in [5.41, 5.74) is 3.33. The lowest BCUT2D eigenvalue weighted by molar-refractivity contribution is 0.0697. The first-order valence-electron chi connectivity index (χ1n) is 7.66. The van der Waals surface area contributed by atoms with Crippen molar-refractivity contribution in [2.24, 2.45) is 5.10 Å². The number of nitrogens with zero attached hydrogens (tertiary/aromatic N) is 1. The Balaban J connectivity index is 1.70. The highest BCUT2D eigenvalue weighted by Crippen LogP contribution is 2.26. The summed E-state index contributed by atoms with van der Waals surface area (Å²) in [5, 5.41) is 13.7. The van der Waals surface area contributed by atoms with Gasteiger partial charge in [0.15, 0.2) is 0 Å². The van der Waals surface area contributed by atoms with Gasteiger partial charge in [-0.25, -0.2) is 10.2 Å². The Labute approximate surface area is 164 Å². The summed E-state index contributed by atoms with van der Waals surface area (Å²) in [6.45, 7) is 0. The summed E-state index contributed by atoms with van der Waals surface area (Å²) >= 11 is 11.6. The molecule has 2 aromatic carbocycles. The molecule has 1 heterocycles. The first-order chi connectivity index (χ1) is 12.9. The number of carbonyl (C=O) groups excluding carboxylic acids is 1. The number of carbonyl (C=O) groups is 2. The van der Waals surface area contributed by atoms with Gasteiger partial charge in [0.25, 0.3) is 5.91 Å². The Morgan fingerprint density at radius 1 is 1.04 bits per heavy atom. The molecule has 0 aliphatic carbocycles. The fourth-order valence-corrected chi connectivity index (χ4v) is 2.56. The third kappa shape index (κ3) is 4.55. The second-order valence-corrected chi connectivity index (χ2v) is 6.25. The number of furan rings is 1. The van der Waals surface area contributed by atoms with E-state index in [1.807, 2.05) is 0 Å². The maximum absolute atomic E-state index is 11.9. The van der Waals surface area contributed by atoms with E-state index >= 15 is 0 Å². The van der Waals surface area contributed by atoms with Crippen LogP contribution < -0.4 is 5.43 Å². The van der Waals surface area contributed by atoms with Crippen LogP contribution in [0.3, 0.4) is 0 Å². The van der Waals surface area contributed by atoms with Crippen LogP contribution in [-0.2, 0) is 0 Å². The van der Waals surface area contributed by atoms with Crippen LogP contribution in [-0.4, -0.2) is 23.2 Å². The number of carboxylic acids is 1. The Morgan fingerprint density at radius 3 is 2.48 bits per heavy atom. The van der Waals surface area contributed by atoms with Gasteiger partial charge < -0.3 is 9.52 Å². The minimum atomic E-state index is -1.12. The molecule has 0 bridgehead atoms. The third-order valence-electron chi connectivity index (χ3n) is 3.57. The summed E-state index contributed by atoms with van der Waals surface area (Å²) in [6, 6.07) is 14.2. The molecule has 136 valence electrons. The molecule has 2 N–H and O–H groups in total. The number of amides is 1. The molecular formula is C19H12Cl2N2O4. The van der Waals surface area contributed by atoms with Crippen molar-refractivity contribution in [3.8, 4) is 11.3 Å². The molecule has 0 spiro atoms. The molecule has 0 atom stereocenters. The van der Waals surface area contributed by atoms with Gasteiger partial charge in [-0.1, -0.05) is 23.2 Å². The van der Waals surface area contributed by atoms with Gasteiger partial charge in [-0.2, -0.15) is 5.10 Å². The van der Waals surface area contributed by atoms with Gasteiger partial charge in [0.1, 0.15) is 11.5 Å². The van der Waals surface area contributed by atoms with Crippen molar-refractivity contribution < 1.29 is 19.1 Å². The summed E-state index contributed by atoms with van der Waals surface area (Å²) in [6.07, 6.45) is 1.34. The van der Waals surface area contributed by atoms with Gasteiger partial charge in [-0.15, -0.1) is 0 Å². The predicted molar refractivity (Wildman–Crippen MR) is 103 cm³/mol. The molecule has 0 unspecified atom stereocenters. The first-order valence-corrected chi connectivity index (χ1v) is 8.41. The fourth-order valence-electron chi connectivity index (χ4n) is 2.24. The van der Waals surface area contributed by atoms with Crippen molar-refractivity contribution in [2.75, 3.05) is 0 Å². The molecule has 1 aromatic heterocycles. The van der Waals surface area contributed by atoms with Crippen LogP contribution in [0.4, 0.5) is 0 Å². The normalized spacial score (nSPS) is 10.9. The molecule has 0 aliphatic rings. The van der Waals surface area contributed by atoms with E-state index in [1.54, 1.807) is 42.5 Å². The lowest BCUT2D eigenvalue weighted by atomic mass is 10.1. The first kappa shape index (κ1) is 18.7. The third-order valence-corrected chi connectivity index (χ3v) is 4.15. The van der Waals surface area contributed by atoms with Crippen LogP contribution in [0.1, 0.15) is 26.5 Å². The van der Waals surface area contributed by atoms with Gasteiger partial charge >= 0.3 is 5.97 Å². The molecule has 3 rings (SSSR count). The van der Waals surface area contributed by atoms with Gasteiger partial charge in [-0.3, -0.25) is 4.79 Å². The van der Waals surface area contributed by atoms with Crippen molar-refractivity contribution in [2.45, 2.75) is 0 Å². The highest BCUT2D eigenvalue weighted by atomic mass is 35.5. The van der Waals surface area contributed by atoms with Crippen LogP contribution in [0, 0.1) is 0 Å². The van der Waals surface area contributed by atoms with E-state index in [0.29, 0.717) is 27.7 Å². The summed E-state index contributed by atoms with van der Waals surface area (Å²) in [5.74, 6) is -0.688. The Bertz CT molecular complexity index is 1030. The zero-order valence-electron chi connectivity index (χ0n) is 13.6. The number of hydrazone groups is 1. The number of nitrogens with one attached hydrogen (secondary N) is 1.